The van der Waals surface area contributed by atoms with Crippen LogP contribution in [0.3, 0.4) is 0 Å². The number of hydrogen-bond acceptors (Lipinski definition) is 5. The monoisotopic (exact) mass is 366 g/mol. The number of nitrogens with zero attached hydrogens (tertiary/aromatic N) is 3. The maximum atomic E-state index is 12.5. The zero-order valence-electron chi connectivity index (χ0n) is 13.8. The third-order valence-electron chi connectivity index (χ3n) is 4.29. The number of aryl methyl sites for hydroxylation is 2. The van der Waals surface area contributed by atoms with E-state index in [1.165, 1.54) is 19.2 Å². The number of alkyl halides is 2. The van der Waals surface area contributed by atoms with E-state index in [4.69, 9.17) is 0 Å². The van der Waals surface area contributed by atoms with Gasteiger partial charge in [-0.25, -0.2) is 0 Å². The second kappa shape index (κ2) is 7.06. The van der Waals surface area contributed by atoms with Crippen molar-refractivity contribution in [1.29, 1.82) is 0 Å². The molecule has 1 aliphatic rings. The van der Waals surface area contributed by atoms with Crippen molar-refractivity contribution in [2.75, 3.05) is 0 Å². The second-order valence-corrected chi connectivity index (χ2v) is 5.92. The molecule has 26 heavy (non-hydrogen) atoms. The molecule has 0 fully saturated rings. The summed E-state index contributed by atoms with van der Waals surface area (Å²) in [4.78, 5) is 22.9. The maximum absolute atomic E-state index is 12.5. The Morgan fingerprint density at radius 3 is 2.96 bits per heavy atom. The van der Waals surface area contributed by atoms with Crippen molar-refractivity contribution in [2.45, 2.75) is 31.9 Å². The molecule has 0 saturated carbocycles. The number of nitro groups is 1. The van der Waals surface area contributed by atoms with Crippen LogP contribution in [-0.2, 0) is 13.5 Å². The van der Waals surface area contributed by atoms with Gasteiger partial charge in [-0.3, -0.25) is 19.6 Å². The summed E-state index contributed by atoms with van der Waals surface area (Å²) in [6.07, 6.45) is 3.08. The minimum atomic E-state index is -2.91. The summed E-state index contributed by atoms with van der Waals surface area (Å²) in [5.41, 5.74) is 1.08. The van der Waals surface area contributed by atoms with Gasteiger partial charge in [0.05, 0.1) is 11.0 Å². The maximum Gasteiger partial charge on any atom is 0.387 e. The van der Waals surface area contributed by atoms with Crippen molar-refractivity contribution in [3.8, 4) is 5.75 Å². The molecule has 138 valence electrons. The number of nitrogens with one attached hydrogen (secondary N) is 1. The van der Waals surface area contributed by atoms with Gasteiger partial charge in [0.2, 0.25) is 5.69 Å². The predicted molar refractivity (Wildman–Crippen MR) is 86.1 cm³/mol. The minimum Gasteiger partial charge on any atom is -0.435 e. The summed E-state index contributed by atoms with van der Waals surface area (Å²) in [5, 5.41) is 17.6. The van der Waals surface area contributed by atoms with Crippen molar-refractivity contribution in [3.63, 3.8) is 0 Å². The summed E-state index contributed by atoms with van der Waals surface area (Å²) >= 11 is 0. The molecule has 1 amide bonds. The lowest BCUT2D eigenvalue weighted by atomic mass is 9.87. The van der Waals surface area contributed by atoms with Gasteiger partial charge in [0.15, 0.2) is 0 Å². The molecule has 1 aromatic heterocycles. The summed E-state index contributed by atoms with van der Waals surface area (Å²) in [6, 6.07) is 4.21. The first-order chi connectivity index (χ1) is 12.4. The molecular formula is C16H16F2N4O4. The van der Waals surface area contributed by atoms with Crippen LogP contribution < -0.4 is 10.1 Å². The Hall–Kier alpha value is -3.04. The Labute approximate surface area is 146 Å². The number of rotatable bonds is 5. The Kier molecular flexibility index (Phi) is 4.83. The lowest BCUT2D eigenvalue weighted by molar-refractivity contribution is -0.385. The normalized spacial score (nSPS) is 16.2. The average Bonchev–Trinajstić information content (AvgIpc) is 2.96. The number of benzene rings is 1. The van der Waals surface area contributed by atoms with Crippen molar-refractivity contribution in [1.82, 2.24) is 15.1 Å². The summed E-state index contributed by atoms with van der Waals surface area (Å²) < 4.78 is 30.3. The molecule has 3 rings (SSSR count). The number of carbonyl (C=O) groups is 1. The number of halogens is 2. The highest BCUT2D eigenvalue weighted by molar-refractivity contribution is 5.96. The van der Waals surface area contributed by atoms with Crippen molar-refractivity contribution >= 4 is 11.6 Å². The van der Waals surface area contributed by atoms with Crippen LogP contribution in [0.2, 0.25) is 0 Å². The molecule has 8 nitrogen and oxygen atoms in total. The van der Waals surface area contributed by atoms with Crippen LogP contribution >= 0.6 is 0 Å². The quantitative estimate of drug-likeness (QED) is 0.648. The zero-order chi connectivity index (χ0) is 18.8. The van der Waals surface area contributed by atoms with E-state index >= 15 is 0 Å². The van der Waals surface area contributed by atoms with Crippen molar-refractivity contribution in [2.24, 2.45) is 7.05 Å². The number of amides is 1. The molecule has 1 N–H and O–H groups in total. The van der Waals surface area contributed by atoms with Crippen LogP contribution in [0.15, 0.2) is 24.4 Å². The zero-order valence-corrected chi connectivity index (χ0v) is 13.8. The molecule has 1 heterocycles. The van der Waals surface area contributed by atoms with Gasteiger partial charge in [-0.05, 0) is 42.5 Å². The fraction of sp³-hybridized carbons (Fsp3) is 0.375. The largest absolute Gasteiger partial charge is 0.435 e. The molecule has 1 aliphatic carbocycles. The molecule has 0 saturated heterocycles. The number of ether oxygens (including phenoxy) is 1. The van der Waals surface area contributed by atoms with Crippen LogP contribution in [0.5, 0.6) is 5.75 Å². The van der Waals surface area contributed by atoms with Gasteiger partial charge >= 0.3 is 12.3 Å². The minimum absolute atomic E-state index is 0.0630. The van der Waals surface area contributed by atoms with Gasteiger partial charge in [-0.2, -0.15) is 13.9 Å². The van der Waals surface area contributed by atoms with E-state index in [-0.39, 0.29) is 23.2 Å². The van der Waals surface area contributed by atoms with Gasteiger partial charge in [0, 0.05) is 7.05 Å². The van der Waals surface area contributed by atoms with Gasteiger partial charge in [0.25, 0.3) is 5.91 Å². The summed E-state index contributed by atoms with van der Waals surface area (Å²) in [5.74, 6) is -0.546. The molecule has 10 heteroatoms. The van der Waals surface area contributed by atoms with E-state index in [0.29, 0.717) is 12.8 Å². The van der Waals surface area contributed by atoms with Crippen molar-refractivity contribution < 1.29 is 23.2 Å². The Morgan fingerprint density at radius 2 is 2.27 bits per heavy atom. The summed E-state index contributed by atoms with van der Waals surface area (Å²) in [7, 11) is 1.45. The first kappa shape index (κ1) is 17.8. The molecular weight excluding hydrogens is 350 g/mol. The fourth-order valence-electron chi connectivity index (χ4n) is 3.17. The summed E-state index contributed by atoms with van der Waals surface area (Å²) in [6.45, 7) is -2.91. The average molecular weight is 366 g/mol. The first-order valence-electron chi connectivity index (χ1n) is 7.91. The third kappa shape index (κ3) is 3.48. The topological polar surface area (TPSA) is 99.3 Å². The Bertz CT molecular complexity index is 853. The van der Waals surface area contributed by atoms with Crippen LogP contribution in [0.1, 0.15) is 40.5 Å². The third-order valence-corrected chi connectivity index (χ3v) is 4.29. The van der Waals surface area contributed by atoms with Crippen molar-refractivity contribution in [3.05, 3.63) is 51.3 Å². The van der Waals surface area contributed by atoms with Gasteiger partial charge < -0.3 is 10.1 Å². The molecule has 2 aromatic rings. The molecule has 0 aliphatic heterocycles. The molecule has 0 radical (unpaired) electrons. The van der Waals surface area contributed by atoms with E-state index in [0.717, 1.165) is 28.4 Å². The van der Waals surface area contributed by atoms with Crippen LogP contribution in [-0.4, -0.2) is 27.2 Å². The number of carbonyl (C=O) groups excluding carboxylic acids is 1. The molecule has 0 bridgehead atoms. The van der Waals surface area contributed by atoms with E-state index < -0.39 is 17.4 Å². The Balaban J connectivity index is 1.83. The van der Waals surface area contributed by atoms with Gasteiger partial charge in [-0.1, -0.05) is 6.07 Å². The molecule has 1 atom stereocenters. The SMILES string of the molecule is Cn1ncc([N+](=O)[O-])c1C(=O)N[C@H]1CCCc2cc(OC(F)F)ccc21. The Morgan fingerprint density at radius 1 is 1.50 bits per heavy atom. The predicted octanol–water partition coefficient (Wildman–Crippen LogP) is 2.74. The van der Waals surface area contributed by atoms with Crippen LogP contribution in [0, 0.1) is 10.1 Å². The van der Waals surface area contributed by atoms with Gasteiger partial charge in [0.1, 0.15) is 11.9 Å². The number of hydrogen-bond donors (Lipinski definition) is 1. The van der Waals surface area contributed by atoms with E-state index in [1.54, 1.807) is 6.07 Å². The standard InChI is InChI=1S/C16H16F2N4O4/c1-21-14(13(8-19-21)22(24)25)15(23)20-12-4-2-3-9-7-10(26-16(17)18)5-6-11(9)12/h5-8,12,16H,2-4H2,1H3,(H,20,23)/t12-/m0/s1. The number of aromatic nitrogens is 2. The van der Waals surface area contributed by atoms with Crippen LogP contribution in [0.25, 0.3) is 0 Å². The highest BCUT2D eigenvalue weighted by Crippen LogP contribution is 2.33. The molecule has 0 spiro atoms. The fourth-order valence-corrected chi connectivity index (χ4v) is 3.17. The number of fused-ring (bicyclic) bond motifs is 1. The lowest BCUT2D eigenvalue weighted by Crippen LogP contribution is -2.32. The van der Waals surface area contributed by atoms with Gasteiger partial charge in [-0.15, -0.1) is 0 Å². The van der Waals surface area contributed by atoms with E-state index in [2.05, 4.69) is 15.2 Å². The van der Waals surface area contributed by atoms with E-state index in [9.17, 15) is 23.7 Å². The smallest absolute Gasteiger partial charge is 0.387 e. The highest BCUT2D eigenvalue weighted by atomic mass is 19.3. The van der Waals surface area contributed by atoms with Crippen LogP contribution in [0.4, 0.5) is 14.5 Å². The highest BCUT2D eigenvalue weighted by Gasteiger charge is 2.29. The second-order valence-electron chi connectivity index (χ2n) is 5.92. The lowest BCUT2D eigenvalue weighted by Gasteiger charge is -2.26. The molecule has 0 unspecified atom stereocenters. The molecule has 1 aromatic carbocycles. The van der Waals surface area contributed by atoms with E-state index in [1.807, 2.05) is 0 Å². The first-order valence-corrected chi connectivity index (χ1v) is 7.91.